The van der Waals surface area contributed by atoms with E-state index in [2.05, 4.69) is 20.3 Å². The molecule has 6 rings (SSSR count). The maximum atomic E-state index is 14.2. The lowest BCUT2D eigenvalue weighted by Crippen LogP contribution is -2.64. The van der Waals surface area contributed by atoms with Crippen LogP contribution in [0.25, 0.3) is 11.2 Å². The molecule has 2 aromatic rings. The molecule has 54 heteroatoms. The minimum Gasteiger partial charge on any atom is -0.394 e. The van der Waals surface area contributed by atoms with Gasteiger partial charge in [0.2, 0.25) is 12.1 Å². The smallest absolute Gasteiger partial charge is 0.394 e. The molecule has 13 unspecified atom stereocenters. The van der Waals surface area contributed by atoms with Crippen molar-refractivity contribution >= 4 is 75.3 Å². The number of unbranched alkanes of at least 4 members (excludes halogenated alkanes) is 9. The summed E-state index contributed by atoms with van der Waals surface area (Å²) >= 11 is 0. The predicted molar refractivity (Wildman–Crippen MR) is 413 cm³/mol. The van der Waals surface area contributed by atoms with Gasteiger partial charge in [0, 0.05) is 64.8 Å². The van der Waals surface area contributed by atoms with E-state index < -0.39 is 253 Å². The van der Waals surface area contributed by atoms with Crippen LogP contribution in [-0.4, -0.2) is 332 Å². The second-order valence-corrected chi connectivity index (χ2v) is 37.8. The molecule has 4 fully saturated rings. The van der Waals surface area contributed by atoms with Gasteiger partial charge in [0.25, 0.3) is 5.52 Å². The summed E-state index contributed by atoms with van der Waals surface area (Å²) in [5, 5.41) is 92.8. The van der Waals surface area contributed by atoms with Crippen LogP contribution >= 0.6 is 46.8 Å². The molecule has 0 radical (unpaired) electrons. The lowest BCUT2D eigenvalue weighted by Gasteiger charge is -2.42. The zero-order valence-electron chi connectivity index (χ0n) is 68.0. The number of nitrogens with zero attached hydrogens (tertiary/aromatic N) is 4. The van der Waals surface area contributed by atoms with E-state index in [4.69, 9.17) is 95.2 Å². The quantitative estimate of drug-likeness (QED) is 0.0325. The average Bonchev–Trinajstić information content (AvgIpc) is 1.64. The molecule has 0 aromatic carbocycles. The second kappa shape index (κ2) is 53.4. The van der Waals surface area contributed by atoms with Gasteiger partial charge >= 0.3 is 46.8 Å². The van der Waals surface area contributed by atoms with Gasteiger partial charge < -0.3 is 129 Å². The van der Waals surface area contributed by atoms with Gasteiger partial charge in [-0.2, -0.15) is 0 Å². The lowest BCUT2D eigenvalue weighted by molar-refractivity contribution is -0.282. The van der Waals surface area contributed by atoms with Crippen LogP contribution in [0.4, 0.5) is 5.82 Å². The second-order valence-electron chi connectivity index (χ2n) is 29.1. The van der Waals surface area contributed by atoms with E-state index in [1.807, 2.05) is 0 Å². The van der Waals surface area contributed by atoms with Gasteiger partial charge in [0.05, 0.1) is 116 Å². The molecule has 2 aromatic heterocycles. The number of carbonyl (C=O) groups is 2. The first-order chi connectivity index (χ1) is 57.4. The Morgan fingerprint density at radius 1 is 0.525 bits per heavy atom. The Balaban J connectivity index is 1.08. The van der Waals surface area contributed by atoms with Crippen molar-refractivity contribution in [1.29, 1.82) is 0 Å². The van der Waals surface area contributed by atoms with Crippen LogP contribution in [0.1, 0.15) is 130 Å². The summed E-state index contributed by atoms with van der Waals surface area (Å²) in [6.45, 7) is -2.70. The van der Waals surface area contributed by atoms with E-state index in [1.165, 1.54) is 17.8 Å². The summed E-state index contributed by atoms with van der Waals surface area (Å²) in [6.07, 6.45) is -12.2. The molecule has 4 saturated heterocycles. The van der Waals surface area contributed by atoms with Crippen LogP contribution in [0.3, 0.4) is 0 Å². The van der Waals surface area contributed by atoms with Crippen molar-refractivity contribution in [2.75, 3.05) is 144 Å². The average molecular weight is 1860 g/mol. The van der Waals surface area contributed by atoms with Gasteiger partial charge in [-0.25, -0.2) is 33.2 Å². The van der Waals surface area contributed by atoms with Crippen molar-refractivity contribution < 1.29 is 197 Å². The van der Waals surface area contributed by atoms with Crippen LogP contribution in [0.2, 0.25) is 1.41 Å². The maximum absolute atomic E-state index is 14.2. The Kier molecular flexibility index (Phi) is 46.4. The van der Waals surface area contributed by atoms with Gasteiger partial charge in [-0.3, -0.25) is 59.4 Å². The number of nitrogens with one attached hydrogen (secondary N) is 1. The number of anilines is 1. The predicted octanol–water partition coefficient (Wildman–Crippen LogP) is 1.06. The maximum Gasteiger partial charge on any atom is 0.472 e. The number of aromatic nitrogens is 4. The normalized spacial score (nSPS) is 29.4. The standard InChI is InChI=1S/C66H121N7O41P6/c1-43-55(79)57(81)47(32-74)111-63(43)99-22-10-4-7-13-25-102-117(88,89)105-28-16-19-96-37-66(38-97-20-17-29-106-118(90,91)103-26-14-8-5-11-23-100-64-44(2)56(80)58(82)48(33-75)112-64,39-98-21-18-30-107-119(92,93)104-27-15-9-6-12-24-101-65-53(72-45(3)77)60(84)59(83)49(34-76)113-65)40-109-120(94,95)108-35-50-46(114-116(86,87)52(78)36-115(68)85)31-51(110-50)73-42-71-54-61(67)69-41-70-62(54)73/h41-44,46-51,53,55-60,63-65,74-76,79-84H,4-40H2,1-3H3,(H9-,67,68,69,70,72,77,85,86,87,88,89,90,91,92,93,94,95)/p+1/t43?,44?,46?,47?,48?,49?,50-,51-,53?,55-,56-,57+,58+,59+,60-,63-,64-,65-,66?/m1/s1/i/hD. The summed E-state index contributed by atoms with van der Waals surface area (Å²) in [4.78, 5) is 90.9. The molecular formula is C66H122N7O41P6+. The van der Waals surface area contributed by atoms with E-state index in [0.717, 1.165) is 6.33 Å². The van der Waals surface area contributed by atoms with Crippen LogP contribution in [0.15, 0.2) is 12.7 Å². The molecule has 696 valence electrons. The highest BCUT2D eigenvalue weighted by Crippen LogP contribution is 2.52. The van der Waals surface area contributed by atoms with Gasteiger partial charge in [-0.1, -0.05) is 56.9 Å². The van der Waals surface area contributed by atoms with E-state index in [9.17, 15) is 107 Å². The third-order valence-electron chi connectivity index (χ3n) is 19.3. The molecule has 0 spiro atoms. The molecule has 48 nitrogen and oxygen atoms in total. The minimum atomic E-state index is -5.41. The first kappa shape index (κ1) is 104. The summed E-state index contributed by atoms with van der Waals surface area (Å²) in [5.41, 5.74) is 4.52. The monoisotopic (exact) mass is 1860 g/mol. The van der Waals surface area contributed by atoms with E-state index in [0.29, 0.717) is 70.6 Å². The number of carbonyl (C=O) groups excluding carboxylic acids is 2. The number of amides is 1. The minimum absolute atomic E-state index is 0.0384. The fraction of sp³-hybridized carbons (Fsp3) is 0.894. The van der Waals surface area contributed by atoms with Crippen molar-refractivity contribution in [3.8, 4) is 0 Å². The van der Waals surface area contributed by atoms with Crippen LogP contribution in [0, 0.1) is 17.3 Å². The number of phosphoric acid groups is 4. The van der Waals surface area contributed by atoms with E-state index in [-0.39, 0.29) is 109 Å². The van der Waals surface area contributed by atoms with Gasteiger partial charge in [0.15, 0.2) is 31.7 Å². The van der Waals surface area contributed by atoms with Gasteiger partial charge in [-0.15, -0.1) is 5.50 Å². The Morgan fingerprint density at radius 3 is 1.35 bits per heavy atom. The number of ether oxygens (including phenoxy) is 10. The zero-order valence-corrected chi connectivity index (χ0v) is 72.4. The Labute approximate surface area is 695 Å². The molecule has 120 heavy (non-hydrogen) atoms. The fourth-order valence-electron chi connectivity index (χ4n) is 12.6. The number of aliphatic hydroxyl groups excluding tert-OH is 9. The molecular weight excluding hydrogens is 1730 g/mol. The zero-order chi connectivity index (χ0) is 89.0. The topological polar surface area (TPSA) is 703 Å². The Bertz CT molecular complexity index is 3530. The lowest BCUT2D eigenvalue weighted by atomic mass is 9.92. The molecule has 0 bridgehead atoms. The summed E-state index contributed by atoms with van der Waals surface area (Å²) < 4.78 is 193. The SMILES string of the molecule is [2H]N[P+](=O)CC(=O)P(=O)(O)OC1C[C@H](n2cnc3c(N)ncnc32)O[C@@H]1COP(=O)(O)OCC(COCCCOP(=O)(O)OCCCCCCO[C@@H]1OC(CO)[C@H](O)[C@H](O)C1C)(COCCCOP(=O)(O)OCCCCCCO[C@@H]1OC(CO)[C@H](O)[C@H](O)C1C)COCCCOP(=O)(O)OCCCCCCO[C@@H]1OC(CO)[C@H](O)[C@H](O)C1NC(C)=O. The number of nitrogen functional groups attached to an aromatic ring is 1. The third-order valence-corrected chi connectivity index (χ3v) is 25.5. The number of hydrogen-bond acceptors (Lipinski definition) is 40. The number of fused-ring (bicyclic) bond motifs is 1. The van der Waals surface area contributed by atoms with Crippen LogP contribution in [0.5, 0.6) is 0 Å². The Morgan fingerprint density at radius 2 is 0.925 bits per heavy atom. The first-order valence-electron chi connectivity index (χ1n) is 39.9. The van der Waals surface area contributed by atoms with Crippen molar-refractivity contribution in [3.63, 3.8) is 0 Å². The molecule has 6 heterocycles. The number of phosphoric ester groups is 4. The van der Waals surface area contributed by atoms with E-state index in [1.54, 1.807) is 19.3 Å². The van der Waals surface area contributed by atoms with Crippen molar-refractivity contribution in [3.05, 3.63) is 12.7 Å². The third kappa shape index (κ3) is 36.5. The van der Waals surface area contributed by atoms with Crippen LogP contribution in [-0.2, 0) is 125 Å². The largest absolute Gasteiger partial charge is 0.472 e. The highest BCUT2D eigenvalue weighted by Gasteiger charge is 2.50. The molecule has 0 saturated carbocycles. The van der Waals surface area contributed by atoms with Crippen molar-refractivity contribution in [1.82, 2.24) is 24.8 Å². The number of hydrogen-bond donors (Lipinski definition) is 17. The highest BCUT2D eigenvalue weighted by molar-refractivity contribution is 7.72. The summed E-state index contributed by atoms with van der Waals surface area (Å²) in [7, 11) is -27.6. The van der Waals surface area contributed by atoms with Crippen LogP contribution < -0.4 is 16.5 Å². The summed E-state index contributed by atoms with van der Waals surface area (Å²) in [6, 6.07) is -1.13. The number of imidazole rings is 1. The van der Waals surface area contributed by atoms with Crippen molar-refractivity contribution in [2.45, 2.75) is 222 Å². The number of aliphatic hydroxyl groups is 9. The molecule has 0 aliphatic carbocycles. The molecule has 24 atom stereocenters. The molecule has 4 aliphatic heterocycles. The molecule has 19 N–H and O–H groups in total. The Hall–Kier alpha value is -2.62. The van der Waals surface area contributed by atoms with Gasteiger partial charge in [0.1, 0.15) is 79.0 Å². The van der Waals surface area contributed by atoms with Gasteiger partial charge in [-0.05, 0) is 57.8 Å². The summed E-state index contributed by atoms with van der Waals surface area (Å²) in [5.74, 6) is -1.72. The highest BCUT2D eigenvalue weighted by atomic mass is 31.2. The van der Waals surface area contributed by atoms with Crippen molar-refractivity contribution in [2.24, 2.45) is 22.7 Å². The molecule has 1 amide bonds. The molecule has 4 aliphatic rings. The number of nitrogens with two attached hydrogens (primary N) is 2. The fourth-order valence-corrected chi connectivity index (χ4v) is 17.9. The van der Waals surface area contributed by atoms with E-state index >= 15 is 0 Å². The first-order valence-corrected chi connectivity index (χ1v) is 48.4. The number of rotatable bonds is 65.